The SMILES string of the molecule is O=C1c2ccc(CCc3ccc4c(c3)C(=O)N(c3ccc([PH](c5ccccc5)(c5ccccc5)c5ccccc5)cc3)C4=O)cc2C(=O)N1c1ccc([PH](c2ccccc2)(c2ccccc2)c2ccccc2)cc1. The molecule has 2 heterocycles. The summed E-state index contributed by atoms with van der Waals surface area (Å²) in [5, 5.41) is 9.67. The van der Waals surface area contributed by atoms with Crippen LogP contribution in [0.3, 0.4) is 0 Å². The molecule has 0 unspecified atom stereocenters. The van der Waals surface area contributed by atoms with E-state index in [1.807, 2.05) is 84.9 Å². The Kier molecular flexibility index (Phi) is 12.2. The van der Waals surface area contributed by atoms with Gasteiger partial charge in [-0.05, 0) is 0 Å². The van der Waals surface area contributed by atoms with Gasteiger partial charge in [-0.25, -0.2) is 0 Å². The third-order valence-corrected chi connectivity index (χ3v) is 24.6. The van der Waals surface area contributed by atoms with Crippen LogP contribution in [0.25, 0.3) is 0 Å². The molecule has 2 aliphatic rings. The molecule has 8 heteroatoms. The molecule has 0 spiro atoms. The van der Waals surface area contributed by atoms with E-state index in [1.54, 1.807) is 12.1 Å². The van der Waals surface area contributed by atoms with Crippen LogP contribution in [0.4, 0.5) is 11.4 Å². The summed E-state index contributed by atoms with van der Waals surface area (Å²) in [6, 6.07) is 90.6. The van der Waals surface area contributed by atoms with Crippen molar-refractivity contribution in [2.24, 2.45) is 0 Å². The van der Waals surface area contributed by atoms with E-state index in [9.17, 15) is 19.2 Å². The number of benzene rings is 10. The number of nitrogens with zero attached hydrogens (tertiary/aromatic N) is 2. The second-order valence-corrected chi connectivity index (χ2v) is 26.6. The molecule has 10 aromatic rings. The maximum atomic E-state index is 14.2. The zero-order valence-corrected chi connectivity index (χ0v) is 42.3. The normalized spacial score (nSPS) is 13.7. The molecule has 0 fully saturated rings. The molecule has 0 radical (unpaired) electrons. The Hall–Kier alpha value is -8.66. The molecule has 0 atom stereocenters. The van der Waals surface area contributed by atoms with Crippen molar-refractivity contribution >= 4 is 92.0 Å². The molecule has 6 nitrogen and oxygen atoms in total. The number of aryl methyl sites for hydroxylation is 2. The third-order valence-electron chi connectivity index (χ3n) is 15.0. The van der Waals surface area contributed by atoms with Gasteiger partial charge in [0.25, 0.3) is 0 Å². The van der Waals surface area contributed by atoms with Crippen LogP contribution in [-0.2, 0) is 12.8 Å². The molecule has 0 bridgehead atoms. The monoisotopic (exact) mass is 996 g/mol. The van der Waals surface area contributed by atoms with Gasteiger partial charge in [0, 0.05) is 0 Å². The van der Waals surface area contributed by atoms with Gasteiger partial charge in [0.1, 0.15) is 0 Å². The van der Waals surface area contributed by atoms with Gasteiger partial charge >= 0.3 is 434 Å². The molecule has 0 N–H and O–H groups in total. The van der Waals surface area contributed by atoms with Gasteiger partial charge in [-0.15, -0.1) is 0 Å². The van der Waals surface area contributed by atoms with E-state index in [-0.39, 0.29) is 23.6 Å². The Morgan fingerprint density at radius 2 is 0.473 bits per heavy atom. The third kappa shape index (κ3) is 7.74. The topological polar surface area (TPSA) is 74.8 Å². The quantitative estimate of drug-likeness (QED) is 0.0853. The molecular weight excluding hydrogens is 947 g/mol. The average molecular weight is 997 g/mol. The van der Waals surface area contributed by atoms with Crippen LogP contribution in [-0.4, -0.2) is 23.6 Å². The number of carbonyl (C=O) groups excluding carboxylic acids is 4. The van der Waals surface area contributed by atoms with Crippen molar-refractivity contribution in [1.29, 1.82) is 0 Å². The number of hydrogen-bond donors (Lipinski definition) is 0. The van der Waals surface area contributed by atoms with Gasteiger partial charge in [0.2, 0.25) is 0 Å². The van der Waals surface area contributed by atoms with E-state index < -0.39 is 14.5 Å². The first kappa shape index (κ1) is 46.4. The second kappa shape index (κ2) is 19.4. The molecular formula is C66H50N2O4P2. The second-order valence-electron chi connectivity index (χ2n) is 18.9. The first-order valence-corrected chi connectivity index (χ1v) is 28.9. The van der Waals surface area contributed by atoms with Crippen molar-refractivity contribution in [2.75, 3.05) is 9.80 Å². The number of imide groups is 2. The van der Waals surface area contributed by atoms with Crippen LogP contribution in [0.2, 0.25) is 0 Å². The standard InChI is InChI=1S/C66H50N2O4P2/c69-63-59-43-33-47(45-61(59)65(71)67(63)49-35-39-57(40-36-49)73(51-19-7-1-8-20-51,52-21-9-2-10-22-52)53-23-11-3-12-24-53)31-32-48-34-44-60-62(46-48)66(72)68(64(60)70)50-37-41-58(42-38-50)74(54-25-13-4-14-26-54,55-27-15-5-16-28-55)56-29-17-6-18-30-56/h1-30,33-46,73-74H,31-32H2. The Morgan fingerprint density at radius 1 is 0.243 bits per heavy atom. The van der Waals surface area contributed by atoms with Crippen LogP contribution in [0, 0.1) is 0 Å². The predicted octanol–water partition coefficient (Wildman–Crippen LogP) is 9.78. The van der Waals surface area contributed by atoms with E-state index in [4.69, 9.17) is 0 Å². The molecule has 358 valence electrons. The number of carbonyl (C=O) groups is 4. The molecule has 12 rings (SSSR count). The van der Waals surface area contributed by atoms with Crippen LogP contribution >= 0.6 is 14.5 Å². The van der Waals surface area contributed by atoms with Crippen LogP contribution in [0.1, 0.15) is 52.6 Å². The number of fused-ring (bicyclic) bond motifs is 2. The fraction of sp³-hybridized carbons (Fsp3) is 0.0303. The summed E-state index contributed by atoms with van der Waals surface area (Å²) in [5.41, 5.74) is 4.27. The Bertz CT molecular complexity index is 3290. The molecule has 10 aromatic carbocycles. The Labute approximate surface area is 431 Å². The van der Waals surface area contributed by atoms with Gasteiger partial charge in [0.05, 0.1) is 0 Å². The zero-order valence-electron chi connectivity index (χ0n) is 40.3. The van der Waals surface area contributed by atoms with Crippen molar-refractivity contribution in [2.45, 2.75) is 12.8 Å². The van der Waals surface area contributed by atoms with Crippen molar-refractivity contribution in [1.82, 2.24) is 0 Å². The average Bonchev–Trinajstić information content (AvgIpc) is 3.88. The molecule has 0 aromatic heterocycles. The zero-order chi connectivity index (χ0) is 50.2. The summed E-state index contributed by atoms with van der Waals surface area (Å²) < 4.78 is 0. The van der Waals surface area contributed by atoms with Crippen LogP contribution in [0.15, 0.2) is 267 Å². The first-order valence-electron chi connectivity index (χ1n) is 24.9. The van der Waals surface area contributed by atoms with E-state index in [0.29, 0.717) is 46.5 Å². The number of rotatable bonds is 13. The number of amides is 4. The van der Waals surface area contributed by atoms with Crippen LogP contribution in [0.5, 0.6) is 0 Å². The fourth-order valence-corrected chi connectivity index (χ4v) is 21.0. The van der Waals surface area contributed by atoms with Crippen molar-refractivity contribution in [3.05, 3.63) is 300 Å². The number of hydrogen-bond acceptors (Lipinski definition) is 4. The molecule has 4 amide bonds. The van der Waals surface area contributed by atoms with Gasteiger partial charge < -0.3 is 0 Å². The fourth-order valence-electron chi connectivity index (χ4n) is 11.5. The first-order chi connectivity index (χ1) is 36.4. The van der Waals surface area contributed by atoms with E-state index in [0.717, 1.165) is 21.7 Å². The number of anilines is 2. The van der Waals surface area contributed by atoms with E-state index in [1.165, 1.54) is 41.6 Å². The van der Waals surface area contributed by atoms with Gasteiger partial charge in [-0.3, -0.25) is 0 Å². The Balaban J connectivity index is 0.780. The minimum absolute atomic E-state index is 0.354. The molecule has 0 aliphatic carbocycles. The van der Waals surface area contributed by atoms with Crippen LogP contribution < -0.4 is 52.2 Å². The van der Waals surface area contributed by atoms with Gasteiger partial charge in [-0.1, -0.05) is 0 Å². The molecule has 74 heavy (non-hydrogen) atoms. The summed E-state index contributed by atoms with van der Waals surface area (Å²) in [6.45, 7) is 0. The van der Waals surface area contributed by atoms with E-state index >= 15 is 0 Å². The molecule has 2 aliphatic heterocycles. The summed E-state index contributed by atoms with van der Waals surface area (Å²) in [4.78, 5) is 59.1. The minimum atomic E-state index is -2.80. The van der Waals surface area contributed by atoms with Crippen molar-refractivity contribution in [3.8, 4) is 0 Å². The van der Waals surface area contributed by atoms with Crippen molar-refractivity contribution < 1.29 is 19.2 Å². The predicted molar refractivity (Wildman–Crippen MR) is 308 cm³/mol. The molecule has 0 saturated heterocycles. The summed E-state index contributed by atoms with van der Waals surface area (Å²) in [6.07, 6.45) is 1.10. The van der Waals surface area contributed by atoms with E-state index in [2.05, 4.69) is 170 Å². The maximum absolute atomic E-state index is 14.2. The summed E-state index contributed by atoms with van der Waals surface area (Å²) in [7, 11) is -5.60. The molecule has 0 saturated carbocycles. The van der Waals surface area contributed by atoms with Crippen molar-refractivity contribution in [3.63, 3.8) is 0 Å². The summed E-state index contributed by atoms with van der Waals surface area (Å²) >= 11 is 0. The van der Waals surface area contributed by atoms with Gasteiger partial charge in [-0.2, -0.15) is 0 Å². The van der Waals surface area contributed by atoms with Gasteiger partial charge in [0.15, 0.2) is 0 Å². The summed E-state index contributed by atoms with van der Waals surface area (Å²) in [5.74, 6) is -1.43. The Morgan fingerprint density at radius 3 is 0.730 bits per heavy atom.